The standard InChI is InChI=1S/C12H20O3S3/c1-9(13-1)4-16-7-12(18-6-11-3-15-11)8-17-5-10-2-14-10/h9-12H,1-8H2. The zero-order chi connectivity index (χ0) is 12.2. The van der Waals surface area contributed by atoms with Crippen LogP contribution in [0.15, 0.2) is 0 Å². The Morgan fingerprint density at radius 3 is 1.67 bits per heavy atom. The minimum absolute atomic E-state index is 0.547. The van der Waals surface area contributed by atoms with Gasteiger partial charge in [-0.15, -0.1) is 0 Å². The maximum atomic E-state index is 5.29. The van der Waals surface area contributed by atoms with Crippen molar-refractivity contribution in [2.75, 3.05) is 48.6 Å². The van der Waals surface area contributed by atoms with Gasteiger partial charge in [-0.1, -0.05) is 0 Å². The topological polar surface area (TPSA) is 37.6 Å². The van der Waals surface area contributed by atoms with Gasteiger partial charge in [0.2, 0.25) is 0 Å². The highest BCUT2D eigenvalue weighted by Crippen LogP contribution is 2.28. The largest absolute Gasteiger partial charge is 0.372 e. The first kappa shape index (κ1) is 13.9. The minimum atomic E-state index is 0.547. The lowest BCUT2D eigenvalue weighted by Gasteiger charge is -2.15. The average molecular weight is 308 g/mol. The van der Waals surface area contributed by atoms with E-state index in [1.165, 1.54) is 28.8 Å². The highest BCUT2D eigenvalue weighted by molar-refractivity contribution is 8.05. The van der Waals surface area contributed by atoms with Crippen molar-refractivity contribution >= 4 is 35.3 Å². The van der Waals surface area contributed by atoms with Crippen molar-refractivity contribution < 1.29 is 14.2 Å². The number of epoxide rings is 3. The second-order valence-corrected chi connectivity index (χ2v) is 8.38. The van der Waals surface area contributed by atoms with Crippen LogP contribution in [0, 0.1) is 0 Å². The third kappa shape index (κ3) is 5.92. The molecule has 3 nitrogen and oxygen atoms in total. The summed E-state index contributed by atoms with van der Waals surface area (Å²) < 4.78 is 15.8. The smallest absolute Gasteiger partial charge is 0.0900 e. The maximum Gasteiger partial charge on any atom is 0.0900 e. The molecule has 3 unspecified atom stereocenters. The van der Waals surface area contributed by atoms with Gasteiger partial charge < -0.3 is 14.2 Å². The second kappa shape index (κ2) is 7.09. The molecule has 18 heavy (non-hydrogen) atoms. The second-order valence-electron chi connectivity index (χ2n) is 4.90. The third-order valence-corrected chi connectivity index (χ3v) is 7.22. The van der Waals surface area contributed by atoms with Crippen molar-refractivity contribution in [1.82, 2.24) is 0 Å². The lowest BCUT2D eigenvalue weighted by Crippen LogP contribution is -2.14. The molecule has 3 heterocycles. The van der Waals surface area contributed by atoms with Crippen LogP contribution in [0.4, 0.5) is 0 Å². The molecule has 3 fully saturated rings. The molecule has 0 bridgehead atoms. The Labute approximate surface area is 121 Å². The molecule has 0 amide bonds. The molecule has 104 valence electrons. The fourth-order valence-electron chi connectivity index (χ4n) is 1.54. The van der Waals surface area contributed by atoms with Gasteiger partial charge in [0.15, 0.2) is 0 Å². The average Bonchev–Trinajstić information content (AvgIpc) is 3.23. The Bertz CT molecular complexity index is 237. The van der Waals surface area contributed by atoms with Crippen LogP contribution in [0.2, 0.25) is 0 Å². The Kier molecular flexibility index (Phi) is 5.47. The molecule has 3 aliphatic heterocycles. The molecule has 6 heteroatoms. The van der Waals surface area contributed by atoms with E-state index in [0.717, 1.165) is 25.1 Å². The third-order valence-electron chi connectivity index (χ3n) is 2.94. The Morgan fingerprint density at radius 1 is 0.778 bits per heavy atom. The van der Waals surface area contributed by atoms with Crippen LogP contribution in [0.5, 0.6) is 0 Å². The van der Waals surface area contributed by atoms with E-state index >= 15 is 0 Å². The summed E-state index contributed by atoms with van der Waals surface area (Å²) in [6.07, 6.45) is 1.66. The first-order valence-corrected chi connectivity index (χ1v) is 9.88. The number of hydrogen-bond donors (Lipinski definition) is 0. The first-order chi connectivity index (χ1) is 8.90. The number of rotatable bonds is 11. The molecule has 3 atom stereocenters. The predicted molar refractivity (Wildman–Crippen MR) is 80.1 cm³/mol. The molecule has 0 aromatic carbocycles. The summed E-state index contributed by atoms with van der Waals surface area (Å²) in [4.78, 5) is 0. The molecule has 3 saturated heterocycles. The molecule has 0 saturated carbocycles. The molecule has 3 rings (SSSR count). The summed E-state index contributed by atoms with van der Waals surface area (Å²) in [6.45, 7) is 2.94. The van der Waals surface area contributed by atoms with E-state index in [0.29, 0.717) is 18.3 Å². The number of ether oxygens (including phenoxy) is 3. The molecule has 3 aliphatic rings. The fourth-order valence-corrected chi connectivity index (χ4v) is 5.66. The van der Waals surface area contributed by atoms with Crippen LogP contribution in [0.25, 0.3) is 0 Å². The maximum absolute atomic E-state index is 5.29. The zero-order valence-corrected chi connectivity index (χ0v) is 12.9. The van der Waals surface area contributed by atoms with E-state index in [4.69, 9.17) is 14.2 Å². The predicted octanol–water partition coefficient (Wildman–Crippen LogP) is 1.75. The van der Waals surface area contributed by atoms with E-state index in [9.17, 15) is 0 Å². The van der Waals surface area contributed by atoms with E-state index in [2.05, 4.69) is 11.8 Å². The molecule has 0 N–H and O–H groups in total. The van der Waals surface area contributed by atoms with Gasteiger partial charge in [0, 0.05) is 34.0 Å². The van der Waals surface area contributed by atoms with E-state index in [-0.39, 0.29) is 0 Å². The lowest BCUT2D eigenvalue weighted by molar-refractivity contribution is 0.425. The first-order valence-electron chi connectivity index (χ1n) is 6.52. The Morgan fingerprint density at radius 2 is 1.22 bits per heavy atom. The molecule has 0 aromatic heterocycles. The van der Waals surface area contributed by atoms with Crippen molar-refractivity contribution in [1.29, 1.82) is 0 Å². The summed E-state index contributed by atoms with van der Waals surface area (Å²) in [5.41, 5.74) is 0. The molecule has 0 spiro atoms. The minimum Gasteiger partial charge on any atom is -0.372 e. The van der Waals surface area contributed by atoms with Crippen LogP contribution in [0.1, 0.15) is 0 Å². The Hall–Kier alpha value is 0.930. The fraction of sp³-hybridized carbons (Fsp3) is 1.00. The van der Waals surface area contributed by atoms with Gasteiger partial charge in [0.05, 0.1) is 38.1 Å². The van der Waals surface area contributed by atoms with Crippen molar-refractivity contribution in [2.45, 2.75) is 23.6 Å². The SMILES string of the molecule is C1OC1CSCC(CSCC1CO1)SCC1CO1. The molecule has 0 aromatic rings. The van der Waals surface area contributed by atoms with Crippen LogP contribution in [0.3, 0.4) is 0 Å². The van der Waals surface area contributed by atoms with E-state index < -0.39 is 0 Å². The molecule has 0 radical (unpaired) electrons. The van der Waals surface area contributed by atoms with Crippen LogP contribution < -0.4 is 0 Å². The molecule has 0 aliphatic carbocycles. The van der Waals surface area contributed by atoms with Gasteiger partial charge in [-0.25, -0.2) is 0 Å². The Balaban J connectivity index is 1.28. The van der Waals surface area contributed by atoms with Crippen LogP contribution >= 0.6 is 35.3 Å². The van der Waals surface area contributed by atoms with Gasteiger partial charge in [-0.3, -0.25) is 0 Å². The lowest BCUT2D eigenvalue weighted by atomic mass is 10.5. The van der Waals surface area contributed by atoms with Gasteiger partial charge in [-0.05, 0) is 0 Å². The van der Waals surface area contributed by atoms with Gasteiger partial charge in [0.1, 0.15) is 0 Å². The quantitative estimate of drug-likeness (QED) is 0.541. The highest BCUT2D eigenvalue weighted by Gasteiger charge is 2.27. The van der Waals surface area contributed by atoms with Gasteiger partial charge >= 0.3 is 0 Å². The number of hydrogen-bond acceptors (Lipinski definition) is 6. The molecular formula is C12H20O3S3. The van der Waals surface area contributed by atoms with Crippen molar-refractivity contribution in [3.05, 3.63) is 0 Å². The summed E-state index contributed by atoms with van der Waals surface area (Å²) in [6, 6.07) is 0. The van der Waals surface area contributed by atoms with E-state index in [1.807, 2.05) is 23.5 Å². The van der Waals surface area contributed by atoms with Gasteiger partial charge in [-0.2, -0.15) is 35.3 Å². The highest BCUT2D eigenvalue weighted by atomic mass is 32.2. The monoisotopic (exact) mass is 308 g/mol. The van der Waals surface area contributed by atoms with Crippen molar-refractivity contribution in [3.63, 3.8) is 0 Å². The van der Waals surface area contributed by atoms with Crippen LogP contribution in [-0.2, 0) is 14.2 Å². The number of thioether (sulfide) groups is 3. The summed E-state index contributed by atoms with van der Waals surface area (Å²) in [7, 11) is 0. The summed E-state index contributed by atoms with van der Waals surface area (Å²) in [5.74, 6) is 6.01. The van der Waals surface area contributed by atoms with E-state index in [1.54, 1.807) is 0 Å². The van der Waals surface area contributed by atoms with Crippen molar-refractivity contribution in [2.24, 2.45) is 0 Å². The van der Waals surface area contributed by atoms with Crippen LogP contribution in [-0.4, -0.2) is 72.1 Å². The van der Waals surface area contributed by atoms with Gasteiger partial charge in [0.25, 0.3) is 0 Å². The normalized spacial score (nSPS) is 34.3. The summed E-state index contributed by atoms with van der Waals surface area (Å²) in [5, 5.41) is 0.752. The molecular weight excluding hydrogens is 288 g/mol. The summed E-state index contributed by atoms with van der Waals surface area (Å²) >= 11 is 6.18. The van der Waals surface area contributed by atoms with Crippen molar-refractivity contribution in [3.8, 4) is 0 Å². The zero-order valence-electron chi connectivity index (χ0n) is 10.4.